The summed E-state index contributed by atoms with van der Waals surface area (Å²) >= 11 is 0. The third-order valence-corrected chi connectivity index (χ3v) is 1.88. The van der Waals surface area contributed by atoms with Crippen molar-refractivity contribution < 1.29 is 9.72 Å². The molecular formula is C10H11N3O3. The van der Waals surface area contributed by atoms with E-state index in [2.05, 4.69) is 10.9 Å². The number of rotatable bonds is 5. The van der Waals surface area contributed by atoms with Crippen molar-refractivity contribution in [2.45, 2.75) is 0 Å². The average Bonchev–Trinajstić information content (AvgIpc) is 2.29. The van der Waals surface area contributed by atoms with E-state index in [0.29, 0.717) is 17.5 Å². The topological polar surface area (TPSA) is 84.3 Å². The Balaban J connectivity index is 2.98. The molecule has 0 saturated carbocycles. The fourth-order valence-corrected chi connectivity index (χ4v) is 1.18. The smallest absolute Gasteiger partial charge is 0.269 e. The Hall–Kier alpha value is -2.21. The molecule has 6 nitrogen and oxygen atoms in total. The van der Waals surface area contributed by atoms with Crippen molar-refractivity contribution >= 4 is 17.7 Å². The van der Waals surface area contributed by atoms with Gasteiger partial charge < -0.3 is 5.43 Å². The van der Waals surface area contributed by atoms with Crippen LogP contribution in [0.25, 0.3) is 5.70 Å². The van der Waals surface area contributed by atoms with Gasteiger partial charge in [-0.15, -0.1) is 0 Å². The number of non-ortho nitro benzene ring substituents is 1. The Morgan fingerprint density at radius 1 is 1.38 bits per heavy atom. The molecule has 0 unspecified atom stereocenters. The number of hydrogen-bond donors (Lipinski definition) is 2. The second kappa shape index (κ2) is 5.62. The van der Waals surface area contributed by atoms with Crippen LogP contribution in [0.5, 0.6) is 0 Å². The van der Waals surface area contributed by atoms with Crippen molar-refractivity contribution in [2.24, 2.45) is 0 Å². The molecular weight excluding hydrogens is 210 g/mol. The van der Waals surface area contributed by atoms with Crippen LogP contribution >= 0.6 is 0 Å². The van der Waals surface area contributed by atoms with Gasteiger partial charge in [0, 0.05) is 25.3 Å². The van der Waals surface area contributed by atoms with Crippen LogP contribution in [0.4, 0.5) is 5.69 Å². The molecule has 0 atom stereocenters. The lowest BCUT2D eigenvalue weighted by Crippen LogP contribution is -2.25. The first-order valence-electron chi connectivity index (χ1n) is 4.52. The van der Waals surface area contributed by atoms with Gasteiger partial charge in [0.2, 0.25) is 0 Å². The van der Waals surface area contributed by atoms with Crippen LogP contribution in [0.2, 0.25) is 0 Å². The van der Waals surface area contributed by atoms with Gasteiger partial charge in [-0.2, -0.15) is 0 Å². The molecule has 16 heavy (non-hydrogen) atoms. The Bertz CT molecular complexity index is 412. The first-order chi connectivity index (χ1) is 7.69. The molecule has 0 saturated heterocycles. The van der Waals surface area contributed by atoms with E-state index < -0.39 is 4.92 Å². The van der Waals surface area contributed by atoms with Crippen molar-refractivity contribution in [1.82, 2.24) is 10.9 Å². The first-order valence-corrected chi connectivity index (χ1v) is 4.52. The minimum Gasteiger partial charge on any atom is -0.321 e. The van der Waals surface area contributed by atoms with Crippen molar-refractivity contribution in [3.63, 3.8) is 0 Å². The van der Waals surface area contributed by atoms with Gasteiger partial charge in [-0.1, -0.05) is 0 Å². The molecule has 0 radical (unpaired) electrons. The lowest BCUT2D eigenvalue weighted by atomic mass is 10.1. The lowest BCUT2D eigenvalue weighted by molar-refractivity contribution is -0.384. The molecule has 1 rings (SSSR count). The summed E-state index contributed by atoms with van der Waals surface area (Å²) in [7, 11) is 1.66. The number of aldehydes is 1. The first kappa shape index (κ1) is 11.9. The van der Waals surface area contributed by atoms with Gasteiger partial charge in [-0.3, -0.25) is 14.9 Å². The Morgan fingerprint density at radius 3 is 2.44 bits per heavy atom. The van der Waals surface area contributed by atoms with Crippen LogP contribution in [0.3, 0.4) is 0 Å². The third kappa shape index (κ3) is 2.89. The van der Waals surface area contributed by atoms with Crippen LogP contribution in [-0.2, 0) is 4.79 Å². The van der Waals surface area contributed by atoms with Crippen molar-refractivity contribution in [3.05, 3.63) is 46.0 Å². The molecule has 1 aromatic rings. The summed E-state index contributed by atoms with van der Waals surface area (Å²) in [6.07, 6.45) is 1.97. The molecule has 1 aromatic carbocycles. The average molecular weight is 221 g/mol. The van der Waals surface area contributed by atoms with E-state index in [1.54, 1.807) is 19.2 Å². The molecule has 0 fully saturated rings. The van der Waals surface area contributed by atoms with E-state index in [4.69, 9.17) is 0 Å². The Labute approximate surface area is 92.1 Å². The second-order valence-electron chi connectivity index (χ2n) is 2.90. The van der Waals surface area contributed by atoms with Crippen molar-refractivity contribution in [3.8, 4) is 0 Å². The van der Waals surface area contributed by atoms with Gasteiger partial charge in [0.1, 0.15) is 6.29 Å². The van der Waals surface area contributed by atoms with Crippen LogP contribution < -0.4 is 10.9 Å². The van der Waals surface area contributed by atoms with Gasteiger partial charge in [0.15, 0.2) is 0 Å². The maximum atomic E-state index is 10.4. The zero-order valence-electron chi connectivity index (χ0n) is 8.64. The molecule has 0 aliphatic rings. The van der Waals surface area contributed by atoms with E-state index in [9.17, 15) is 14.9 Å². The van der Waals surface area contributed by atoms with E-state index in [1.165, 1.54) is 18.2 Å². The number of benzene rings is 1. The summed E-state index contributed by atoms with van der Waals surface area (Å²) in [4.78, 5) is 20.4. The molecule has 84 valence electrons. The maximum Gasteiger partial charge on any atom is 0.269 e. The highest BCUT2D eigenvalue weighted by atomic mass is 16.6. The summed E-state index contributed by atoms with van der Waals surface area (Å²) in [5.41, 5.74) is 6.68. The second-order valence-corrected chi connectivity index (χ2v) is 2.90. The number of allylic oxidation sites excluding steroid dienone is 1. The normalized spacial score (nSPS) is 10.9. The summed E-state index contributed by atoms with van der Waals surface area (Å²) in [5, 5.41) is 10.4. The molecule has 0 amide bonds. The van der Waals surface area contributed by atoms with E-state index in [0.717, 1.165) is 0 Å². The molecule has 0 bridgehead atoms. The SMILES string of the molecule is CNN/C(=C\C=O)c1ccc([N+](=O)[O-])cc1. The standard InChI is InChI=1S/C10H11N3O3/c1-11-12-10(6-7-14)8-2-4-9(5-3-8)13(15)16/h2-7,11-12H,1H3/b10-6-. The fraction of sp³-hybridized carbons (Fsp3) is 0.100. The number of hydrogen-bond acceptors (Lipinski definition) is 5. The molecule has 0 spiro atoms. The predicted octanol–water partition coefficient (Wildman–Crippen LogP) is 0.859. The van der Waals surface area contributed by atoms with Crippen molar-refractivity contribution in [2.75, 3.05) is 7.05 Å². The van der Waals surface area contributed by atoms with Gasteiger partial charge in [-0.25, -0.2) is 5.43 Å². The van der Waals surface area contributed by atoms with Crippen LogP contribution in [-0.4, -0.2) is 18.3 Å². The highest BCUT2D eigenvalue weighted by molar-refractivity contribution is 5.80. The van der Waals surface area contributed by atoms with Gasteiger partial charge >= 0.3 is 0 Å². The Morgan fingerprint density at radius 2 is 2.00 bits per heavy atom. The number of carbonyl (C=O) groups excluding carboxylic acids is 1. The monoisotopic (exact) mass is 221 g/mol. The zero-order valence-corrected chi connectivity index (χ0v) is 8.64. The third-order valence-electron chi connectivity index (χ3n) is 1.88. The van der Waals surface area contributed by atoms with Gasteiger partial charge in [-0.05, 0) is 17.7 Å². The Kier molecular flexibility index (Phi) is 4.16. The molecule has 2 N–H and O–H groups in total. The van der Waals surface area contributed by atoms with Crippen LogP contribution in [0.1, 0.15) is 5.56 Å². The van der Waals surface area contributed by atoms with E-state index in [1.807, 2.05) is 0 Å². The molecule has 0 aliphatic carbocycles. The number of nitro benzene ring substituents is 1. The predicted molar refractivity (Wildman–Crippen MR) is 59.3 cm³/mol. The van der Waals surface area contributed by atoms with Crippen LogP contribution in [0, 0.1) is 10.1 Å². The number of nitrogens with zero attached hydrogens (tertiary/aromatic N) is 1. The highest BCUT2D eigenvalue weighted by Gasteiger charge is 2.06. The summed E-state index contributed by atoms with van der Waals surface area (Å²) in [5.74, 6) is 0. The molecule has 0 aliphatic heterocycles. The van der Waals surface area contributed by atoms with Gasteiger partial charge in [0.05, 0.1) is 10.6 Å². The van der Waals surface area contributed by atoms with Gasteiger partial charge in [0.25, 0.3) is 5.69 Å². The van der Waals surface area contributed by atoms with E-state index >= 15 is 0 Å². The minimum absolute atomic E-state index is 0.0126. The summed E-state index contributed by atoms with van der Waals surface area (Å²) in [6.45, 7) is 0. The largest absolute Gasteiger partial charge is 0.321 e. The summed E-state index contributed by atoms with van der Waals surface area (Å²) < 4.78 is 0. The lowest BCUT2D eigenvalue weighted by Gasteiger charge is -2.08. The number of nitrogens with one attached hydrogen (secondary N) is 2. The molecule has 0 aromatic heterocycles. The number of carbonyl (C=O) groups is 1. The minimum atomic E-state index is -0.474. The van der Waals surface area contributed by atoms with Crippen molar-refractivity contribution in [1.29, 1.82) is 0 Å². The number of hydrazine groups is 1. The van der Waals surface area contributed by atoms with Crippen LogP contribution in [0.15, 0.2) is 30.3 Å². The quantitative estimate of drug-likeness (QED) is 0.333. The summed E-state index contributed by atoms with van der Waals surface area (Å²) in [6, 6.07) is 5.90. The van der Waals surface area contributed by atoms with E-state index in [-0.39, 0.29) is 5.69 Å². The molecule has 0 heterocycles. The molecule has 6 heteroatoms. The maximum absolute atomic E-state index is 10.4. The number of nitro groups is 1. The highest BCUT2D eigenvalue weighted by Crippen LogP contribution is 2.16. The fourth-order valence-electron chi connectivity index (χ4n) is 1.18. The zero-order chi connectivity index (χ0) is 12.0.